The minimum atomic E-state index is -1.20. The van der Waals surface area contributed by atoms with Crippen LogP contribution < -0.4 is 4.90 Å². The van der Waals surface area contributed by atoms with E-state index in [9.17, 15) is 19.5 Å². The number of carbonyl (C=O) groups excluding carboxylic acids is 3. The van der Waals surface area contributed by atoms with Crippen molar-refractivity contribution in [3.8, 4) is 0 Å². The summed E-state index contributed by atoms with van der Waals surface area (Å²) in [7, 11) is 0. The lowest BCUT2D eigenvalue weighted by Crippen LogP contribution is -2.57. The van der Waals surface area contributed by atoms with Crippen LogP contribution >= 0.6 is 0 Å². The summed E-state index contributed by atoms with van der Waals surface area (Å²) in [4.78, 5) is 45.3. The highest BCUT2D eigenvalue weighted by molar-refractivity contribution is 6.05. The first-order chi connectivity index (χ1) is 18.8. The van der Waals surface area contributed by atoms with Gasteiger partial charge in [-0.25, -0.2) is 0 Å². The Balaban J connectivity index is 1.66. The Morgan fingerprint density at radius 3 is 2.67 bits per heavy atom. The van der Waals surface area contributed by atoms with E-state index in [2.05, 4.69) is 6.58 Å². The van der Waals surface area contributed by atoms with Gasteiger partial charge < -0.3 is 24.4 Å². The minimum absolute atomic E-state index is 0.186. The molecular weight excluding hydrogens is 496 g/mol. The van der Waals surface area contributed by atoms with Crippen molar-refractivity contribution in [1.29, 1.82) is 0 Å². The number of fused-ring (bicyclic) bond motifs is 1. The van der Waals surface area contributed by atoms with Crippen LogP contribution in [0.25, 0.3) is 0 Å². The Kier molecular flexibility index (Phi) is 7.35. The Bertz CT molecular complexity index is 1280. The van der Waals surface area contributed by atoms with Gasteiger partial charge in [-0.05, 0) is 56.4 Å². The van der Waals surface area contributed by atoms with Gasteiger partial charge in [0.15, 0.2) is 0 Å². The highest BCUT2D eigenvalue weighted by Crippen LogP contribution is 2.60. The lowest BCUT2D eigenvalue weighted by molar-refractivity contribution is -0.155. The molecule has 8 heteroatoms. The molecule has 2 bridgehead atoms. The maximum Gasteiger partial charge on any atom is 0.312 e. The number of ether oxygens (including phenoxy) is 2. The fourth-order valence-electron chi connectivity index (χ4n) is 6.84. The maximum absolute atomic E-state index is 14.7. The molecule has 0 aliphatic carbocycles. The van der Waals surface area contributed by atoms with Crippen LogP contribution in [0, 0.1) is 25.7 Å². The van der Waals surface area contributed by atoms with Gasteiger partial charge in [-0.1, -0.05) is 48.5 Å². The predicted octanol–water partition coefficient (Wildman–Crippen LogP) is 3.49. The molecule has 1 N–H and O–H groups in total. The van der Waals surface area contributed by atoms with E-state index in [4.69, 9.17) is 9.47 Å². The number of benzene rings is 2. The van der Waals surface area contributed by atoms with Crippen molar-refractivity contribution in [3.05, 3.63) is 77.9 Å². The smallest absolute Gasteiger partial charge is 0.312 e. The molecule has 0 aromatic heterocycles. The van der Waals surface area contributed by atoms with Gasteiger partial charge in [-0.2, -0.15) is 0 Å². The number of esters is 1. The second-order valence-electron chi connectivity index (χ2n) is 10.7. The van der Waals surface area contributed by atoms with E-state index in [0.717, 1.165) is 16.8 Å². The summed E-state index contributed by atoms with van der Waals surface area (Å²) in [6.45, 7) is 9.53. The third-order valence-corrected chi connectivity index (χ3v) is 8.46. The Morgan fingerprint density at radius 1 is 1.26 bits per heavy atom. The zero-order valence-electron chi connectivity index (χ0n) is 22.7. The van der Waals surface area contributed by atoms with Crippen LogP contribution in [-0.4, -0.2) is 65.3 Å². The largest absolute Gasteiger partial charge is 0.466 e. The van der Waals surface area contributed by atoms with Gasteiger partial charge in [0, 0.05) is 12.2 Å². The number of nitrogens with zero attached hydrogens (tertiary/aromatic N) is 2. The molecule has 0 saturated carbocycles. The molecule has 206 valence electrons. The van der Waals surface area contributed by atoms with E-state index in [-0.39, 0.29) is 31.6 Å². The van der Waals surface area contributed by atoms with Crippen LogP contribution in [0.4, 0.5) is 5.69 Å². The summed E-state index contributed by atoms with van der Waals surface area (Å²) in [6, 6.07) is 13.2. The fourth-order valence-corrected chi connectivity index (χ4v) is 6.84. The summed E-state index contributed by atoms with van der Waals surface area (Å²) in [5, 5.41) is 10.6. The highest BCUT2D eigenvalue weighted by atomic mass is 16.6. The molecule has 39 heavy (non-hydrogen) atoms. The number of amides is 2. The van der Waals surface area contributed by atoms with Crippen molar-refractivity contribution in [2.75, 3.05) is 24.7 Å². The van der Waals surface area contributed by atoms with Crippen LogP contribution in [0.2, 0.25) is 0 Å². The zero-order valence-corrected chi connectivity index (χ0v) is 22.7. The summed E-state index contributed by atoms with van der Waals surface area (Å²) in [5.74, 6) is -2.83. The van der Waals surface area contributed by atoms with Crippen LogP contribution in [-0.2, 0) is 23.9 Å². The molecular formula is C31H36N2O6. The predicted molar refractivity (Wildman–Crippen MR) is 146 cm³/mol. The van der Waals surface area contributed by atoms with Gasteiger partial charge in [-0.3, -0.25) is 14.4 Å². The molecule has 2 unspecified atom stereocenters. The molecule has 3 aliphatic rings. The monoisotopic (exact) mass is 532 g/mol. The molecule has 5 rings (SSSR count). The number of aliphatic hydroxyl groups is 1. The molecule has 3 aliphatic heterocycles. The summed E-state index contributed by atoms with van der Waals surface area (Å²) >= 11 is 0. The van der Waals surface area contributed by atoms with Gasteiger partial charge in [-0.15, -0.1) is 6.58 Å². The third-order valence-electron chi connectivity index (χ3n) is 8.46. The number of hydrogen-bond donors (Lipinski definition) is 1. The Morgan fingerprint density at radius 2 is 2.00 bits per heavy atom. The first-order valence-corrected chi connectivity index (χ1v) is 13.6. The number of likely N-dealkylation sites (tertiary alicyclic amines) is 1. The molecule has 2 amide bonds. The number of aryl methyl sites for hydroxylation is 2. The van der Waals surface area contributed by atoms with Gasteiger partial charge in [0.05, 0.1) is 37.2 Å². The van der Waals surface area contributed by atoms with Gasteiger partial charge in [0.2, 0.25) is 5.91 Å². The molecule has 2 aromatic rings. The molecule has 3 saturated heterocycles. The Hall–Kier alpha value is -3.49. The third kappa shape index (κ3) is 4.26. The minimum Gasteiger partial charge on any atom is -0.466 e. The first-order valence-electron chi connectivity index (χ1n) is 13.6. The van der Waals surface area contributed by atoms with Gasteiger partial charge >= 0.3 is 5.97 Å². The molecule has 1 spiro atoms. The fraction of sp³-hybridized carbons (Fsp3) is 0.452. The normalized spacial score (nSPS) is 27.8. The van der Waals surface area contributed by atoms with Crippen LogP contribution in [0.5, 0.6) is 0 Å². The first kappa shape index (κ1) is 27.1. The van der Waals surface area contributed by atoms with Crippen molar-refractivity contribution in [2.45, 2.75) is 57.4 Å². The van der Waals surface area contributed by atoms with Crippen molar-refractivity contribution >= 4 is 23.5 Å². The number of rotatable bonds is 9. The van der Waals surface area contributed by atoms with E-state index >= 15 is 0 Å². The second-order valence-corrected chi connectivity index (χ2v) is 10.7. The summed E-state index contributed by atoms with van der Waals surface area (Å²) < 4.78 is 11.9. The summed E-state index contributed by atoms with van der Waals surface area (Å²) in [6.07, 6.45) is 2.17. The molecule has 3 fully saturated rings. The number of anilines is 1. The molecule has 3 heterocycles. The lowest BCUT2D eigenvalue weighted by Gasteiger charge is -2.39. The molecule has 2 aromatic carbocycles. The SMILES string of the molecule is C=CCN(C(=O)C1N([C@H](CO)c2ccccc2)C(=O)[C@@H]2[C@@H](C(=O)OCC)[C@H]3CCC12O3)c1cc(C)ccc1C. The van der Waals surface area contributed by atoms with E-state index in [1.807, 2.05) is 62.4 Å². The molecule has 8 nitrogen and oxygen atoms in total. The highest BCUT2D eigenvalue weighted by Gasteiger charge is 2.75. The Labute approximate surface area is 229 Å². The standard InChI is InChI=1S/C31H36N2O6/c1-5-16-32(22-17-19(3)12-13-20(22)4)29(36)27-31-15-14-24(39-31)25(30(37)38-6-2)26(31)28(35)33(27)23(18-34)21-10-8-7-9-11-21/h5,7-13,17,23-27,34H,1,6,14-16,18H2,2-4H3/t23-,24-,25+,26+,27?,31?/m1/s1. The topological polar surface area (TPSA) is 96.4 Å². The van der Waals surface area contributed by atoms with Crippen LogP contribution in [0.1, 0.15) is 42.5 Å². The van der Waals surface area contributed by atoms with Gasteiger partial charge in [0.1, 0.15) is 11.6 Å². The van der Waals surface area contributed by atoms with Crippen LogP contribution in [0.15, 0.2) is 61.2 Å². The van der Waals surface area contributed by atoms with E-state index in [0.29, 0.717) is 18.4 Å². The van der Waals surface area contributed by atoms with E-state index in [1.54, 1.807) is 17.9 Å². The average Bonchev–Trinajstić information content (AvgIpc) is 3.57. The van der Waals surface area contributed by atoms with Crippen molar-refractivity contribution in [2.24, 2.45) is 11.8 Å². The van der Waals surface area contributed by atoms with Gasteiger partial charge in [0.25, 0.3) is 5.91 Å². The molecule has 0 radical (unpaired) electrons. The number of aliphatic hydroxyl groups excluding tert-OH is 1. The number of carbonyl (C=O) groups is 3. The van der Waals surface area contributed by atoms with E-state index in [1.165, 1.54) is 4.90 Å². The quantitative estimate of drug-likeness (QED) is 0.392. The van der Waals surface area contributed by atoms with Crippen molar-refractivity contribution in [3.63, 3.8) is 0 Å². The van der Waals surface area contributed by atoms with E-state index < -0.39 is 41.6 Å². The lowest BCUT2D eigenvalue weighted by atomic mass is 9.70. The number of hydrogen-bond acceptors (Lipinski definition) is 6. The van der Waals surface area contributed by atoms with Crippen LogP contribution in [0.3, 0.4) is 0 Å². The summed E-state index contributed by atoms with van der Waals surface area (Å²) in [5.41, 5.74) is 2.12. The van der Waals surface area contributed by atoms with Crippen molar-refractivity contribution in [1.82, 2.24) is 4.90 Å². The average molecular weight is 533 g/mol. The van der Waals surface area contributed by atoms with Crippen molar-refractivity contribution < 1.29 is 29.0 Å². The maximum atomic E-state index is 14.7. The second kappa shape index (κ2) is 10.6. The molecule has 6 atom stereocenters. The zero-order chi connectivity index (χ0) is 27.9.